The monoisotopic (exact) mass is 336 g/mol. The highest BCUT2D eigenvalue weighted by molar-refractivity contribution is 6.30. The van der Waals surface area contributed by atoms with Crippen LogP contribution in [0.2, 0.25) is 10.2 Å². The highest BCUT2D eigenvalue weighted by atomic mass is 35.5. The van der Waals surface area contributed by atoms with Crippen molar-refractivity contribution in [3.63, 3.8) is 0 Å². The summed E-state index contributed by atoms with van der Waals surface area (Å²) in [5, 5.41) is 22.9. The summed E-state index contributed by atoms with van der Waals surface area (Å²) in [6.07, 6.45) is 0.447. The van der Waals surface area contributed by atoms with E-state index < -0.39 is 6.10 Å². The molecule has 8 heteroatoms. The number of hydrogen-bond acceptors (Lipinski definition) is 6. The Morgan fingerprint density at radius 2 is 1.95 bits per heavy atom. The smallest absolute Gasteiger partial charge is 0.151 e. The van der Waals surface area contributed by atoms with E-state index in [9.17, 15) is 5.11 Å². The fraction of sp³-hybridized carbons (Fsp3) is 0.143. The van der Waals surface area contributed by atoms with Crippen molar-refractivity contribution in [2.24, 2.45) is 0 Å². The van der Waals surface area contributed by atoms with Gasteiger partial charge in [-0.05, 0) is 31.2 Å². The van der Waals surface area contributed by atoms with Crippen molar-refractivity contribution in [2.45, 2.75) is 13.0 Å². The molecule has 1 N–H and O–H groups in total. The fourth-order valence-corrected chi connectivity index (χ4v) is 2.23. The first-order valence-corrected chi connectivity index (χ1v) is 7.07. The minimum atomic E-state index is -1.05. The minimum Gasteiger partial charge on any atom is -0.382 e. The summed E-state index contributed by atoms with van der Waals surface area (Å²) in [5.74, 6) is 0.469. The SMILES string of the molecule is Cc1onc(-c2ccc(Cl)cn2)c1C(O)c1ccc(Cl)nn1. The molecule has 0 bridgehead atoms. The maximum atomic E-state index is 10.5. The molecule has 3 heterocycles. The molecule has 3 aromatic rings. The summed E-state index contributed by atoms with van der Waals surface area (Å²) in [6, 6.07) is 6.53. The molecule has 0 fully saturated rings. The van der Waals surface area contributed by atoms with Crippen molar-refractivity contribution in [2.75, 3.05) is 0 Å². The van der Waals surface area contributed by atoms with Crippen LogP contribution in [0.1, 0.15) is 23.1 Å². The molecule has 1 atom stereocenters. The molecule has 0 spiro atoms. The van der Waals surface area contributed by atoms with E-state index in [1.807, 2.05) is 0 Å². The number of aromatic nitrogens is 4. The number of pyridine rings is 1. The number of halogens is 2. The molecule has 3 rings (SSSR count). The highest BCUT2D eigenvalue weighted by Crippen LogP contribution is 2.32. The first-order chi connectivity index (χ1) is 10.6. The van der Waals surface area contributed by atoms with Crippen LogP contribution in [-0.4, -0.2) is 25.4 Å². The average molecular weight is 337 g/mol. The number of aryl methyl sites for hydroxylation is 1. The van der Waals surface area contributed by atoms with Crippen molar-refractivity contribution in [3.05, 3.63) is 57.7 Å². The molecule has 0 amide bonds. The lowest BCUT2D eigenvalue weighted by Crippen LogP contribution is -2.05. The zero-order valence-corrected chi connectivity index (χ0v) is 12.9. The van der Waals surface area contributed by atoms with Crippen molar-refractivity contribution < 1.29 is 9.63 Å². The average Bonchev–Trinajstić information content (AvgIpc) is 2.90. The molecule has 0 aliphatic rings. The number of aliphatic hydroxyl groups excluding tert-OH is 1. The standard InChI is InChI=1S/C14H10Cl2N4O2/c1-7-12(14(21)10-4-5-11(16)19-18-10)13(20-22-7)9-3-2-8(15)6-17-9/h2-6,14,21H,1H3. The van der Waals surface area contributed by atoms with E-state index in [2.05, 4.69) is 20.3 Å². The van der Waals surface area contributed by atoms with Gasteiger partial charge in [0.1, 0.15) is 17.6 Å². The molecule has 1 unspecified atom stereocenters. The maximum Gasteiger partial charge on any atom is 0.151 e. The second-order valence-electron chi connectivity index (χ2n) is 4.55. The van der Waals surface area contributed by atoms with E-state index in [4.69, 9.17) is 27.7 Å². The second kappa shape index (κ2) is 6.00. The topological polar surface area (TPSA) is 84.9 Å². The molecule has 0 saturated carbocycles. The van der Waals surface area contributed by atoms with Crippen LogP contribution in [-0.2, 0) is 0 Å². The van der Waals surface area contributed by atoms with Crippen LogP contribution in [0.4, 0.5) is 0 Å². The molecule has 0 saturated heterocycles. The van der Waals surface area contributed by atoms with Gasteiger partial charge in [-0.1, -0.05) is 28.4 Å². The first-order valence-electron chi connectivity index (χ1n) is 6.31. The van der Waals surface area contributed by atoms with E-state index in [1.165, 1.54) is 6.20 Å². The van der Waals surface area contributed by atoms with Crippen LogP contribution in [0.3, 0.4) is 0 Å². The van der Waals surface area contributed by atoms with Crippen molar-refractivity contribution in [1.29, 1.82) is 0 Å². The largest absolute Gasteiger partial charge is 0.382 e. The van der Waals surface area contributed by atoms with E-state index in [-0.39, 0.29) is 5.15 Å². The number of nitrogens with zero attached hydrogens (tertiary/aromatic N) is 4. The van der Waals surface area contributed by atoms with Gasteiger partial charge in [-0.3, -0.25) is 4.98 Å². The van der Waals surface area contributed by atoms with E-state index in [1.54, 1.807) is 31.2 Å². The van der Waals surface area contributed by atoms with Crippen molar-refractivity contribution >= 4 is 23.2 Å². The Hall–Kier alpha value is -2.02. The third-order valence-electron chi connectivity index (χ3n) is 3.08. The van der Waals surface area contributed by atoms with Gasteiger partial charge in [-0.25, -0.2) is 0 Å². The zero-order valence-electron chi connectivity index (χ0n) is 11.4. The fourth-order valence-electron chi connectivity index (χ4n) is 2.02. The molecule has 0 radical (unpaired) electrons. The molecule has 3 aromatic heterocycles. The third kappa shape index (κ3) is 2.81. The van der Waals surface area contributed by atoms with Gasteiger partial charge in [0.25, 0.3) is 0 Å². The van der Waals surface area contributed by atoms with Gasteiger partial charge in [0.2, 0.25) is 0 Å². The van der Waals surface area contributed by atoms with Gasteiger partial charge in [0.15, 0.2) is 5.15 Å². The van der Waals surface area contributed by atoms with Gasteiger partial charge >= 0.3 is 0 Å². The molecule has 6 nitrogen and oxygen atoms in total. The normalized spacial score (nSPS) is 12.4. The summed E-state index contributed by atoms with van der Waals surface area (Å²) in [6.45, 7) is 1.70. The van der Waals surface area contributed by atoms with E-state index in [0.717, 1.165) is 0 Å². The Morgan fingerprint density at radius 1 is 1.14 bits per heavy atom. The summed E-state index contributed by atoms with van der Waals surface area (Å²) in [4.78, 5) is 4.19. The molecule has 0 aliphatic carbocycles. The molecule has 0 aromatic carbocycles. The number of aliphatic hydroxyl groups is 1. The van der Waals surface area contributed by atoms with Gasteiger partial charge in [0.05, 0.1) is 22.0 Å². The summed E-state index contributed by atoms with van der Waals surface area (Å²) < 4.78 is 5.19. The summed E-state index contributed by atoms with van der Waals surface area (Å²) in [7, 11) is 0. The van der Waals surface area contributed by atoms with Gasteiger partial charge in [0, 0.05) is 6.20 Å². The van der Waals surface area contributed by atoms with E-state index in [0.29, 0.717) is 33.4 Å². The Morgan fingerprint density at radius 3 is 2.59 bits per heavy atom. The quantitative estimate of drug-likeness (QED) is 0.790. The minimum absolute atomic E-state index is 0.248. The van der Waals surface area contributed by atoms with Crippen LogP contribution < -0.4 is 0 Å². The van der Waals surface area contributed by atoms with Gasteiger partial charge in [-0.2, -0.15) is 5.10 Å². The van der Waals surface area contributed by atoms with Crippen molar-refractivity contribution in [1.82, 2.24) is 20.3 Å². The number of rotatable bonds is 3. The van der Waals surface area contributed by atoms with Crippen LogP contribution >= 0.6 is 23.2 Å². The Kier molecular flexibility index (Phi) is 4.06. The molecule has 112 valence electrons. The third-order valence-corrected chi connectivity index (χ3v) is 3.51. The lowest BCUT2D eigenvalue weighted by Gasteiger charge is -2.10. The van der Waals surface area contributed by atoms with Gasteiger partial charge in [-0.15, -0.1) is 5.10 Å². The van der Waals surface area contributed by atoms with Crippen molar-refractivity contribution in [3.8, 4) is 11.4 Å². The first kappa shape index (κ1) is 14.9. The molecular formula is C14H10Cl2N4O2. The predicted molar refractivity (Wildman–Crippen MR) is 80.6 cm³/mol. The maximum absolute atomic E-state index is 10.5. The molecule has 0 aliphatic heterocycles. The summed E-state index contributed by atoms with van der Waals surface area (Å²) in [5.41, 5.74) is 1.79. The molecule has 22 heavy (non-hydrogen) atoms. The van der Waals surface area contributed by atoms with Crippen LogP contribution in [0.15, 0.2) is 35.0 Å². The highest BCUT2D eigenvalue weighted by Gasteiger charge is 2.25. The van der Waals surface area contributed by atoms with Crippen LogP contribution in [0.5, 0.6) is 0 Å². The number of hydrogen-bond donors (Lipinski definition) is 1. The lowest BCUT2D eigenvalue weighted by atomic mass is 10.0. The van der Waals surface area contributed by atoms with E-state index >= 15 is 0 Å². The van der Waals surface area contributed by atoms with Gasteiger partial charge < -0.3 is 9.63 Å². The Bertz CT molecular complexity index is 788. The zero-order chi connectivity index (χ0) is 15.7. The Balaban J connectivity index is 2.05. The second-order valence-corrected chi connectivity index (χ2v) is 5.37. The predicted octanol–water partition coefficient (Wildman–Crippen LogP) is 3.22. The van der Waals surface area contributed by atoms with Crippen LogP contribution in [0, 0.1) is 6.92 Å². The molecular weight excluding hydrogens is 327 g/mol. The summed E-state index contributed by atoms with van der Waals surface area (Å²) >= 11 is 11.5. The van der Waals surface area contributed by atoms with Crippen LogP contribution in [0.25, 0.3) is 11.4 Å². The lowest BCUT2D eigenvalue weighted by molar-refractivity contribution is 0.212. The Labute approximate surface area is 135 Å².